The van der Waals surface area contributed by atoms with Gasteiger partial charge in [0.1, 0.15) is 0 Å². The summed E-state index contributed by atoms with van der Waals surface area (Å²) >= 11 is 0. The highest BCUT2D eigenvalue weighted by Crippen LogP contribution is 2.28. The second-order valence-corrected chi connectivity index (χ2v) is 5.09. The van der Waals surface area contributed by atoms with Gasteiger partial charge in [-0.1, -0.05) is 25.7 Å². The minimum Gasteiger partial charge on any atom is -0.353 e. The summed E-state index contributed by atoms with van der Waals surface area (Å²) in [5, 5.41) is 3.28. The van der Waals surface area contributed by atoms with E-state index < -0.39 is 0 Å². The van der Waals surface area contributed by atoms with Crippen molar-refractivity contribution in [2.45, 2.75) is 57.4 Å². The van der Waals surface area contributed by atoms with Crippen molar-refractivity contribution >= 4 is 5.96 Å². The Hall–Kier alpha value is -0.770. The van der Waals surface area contributed by atoms with Crippen LogP contribution in [-0.2, 0) is 0 Å². The van der Waals surface area contributed by atoms with Gasteiger partial charge in [0.05, 0.1) is 0 Å². The van der Waals surface area contributed by atoms with Gasteiger partial charge in [-0.25, -0.2) is 5.84 Å². The summed E-state index contributed by atoms with van der Waals surface area (Å²) in [7, 11) is 0. The molecule has 4 N–H and O–H groups in total. The van der Waals surface area contributed by atoms with Gasteiger partial charge < -0.3 is 5.32 Å². The molecule has 0 aromatic heterocycles. The summed E-state index contributed by atoms with van der Waals surface area (Å²) in [5.41, 5.74) is 2.64. The van der Waals surface area contributed by atoms with Gasteiger partial charge in [0.25, 0.3) is 0 Å². The summed E-state index contributed by atoms with van der Waals surface area (Å²) in [4.78, 5) is 4.45. The maximum atomic E-state index is 5.41. The van der Waals surface area contributed by atoms with E-state index in [0.717, 1.165) is 18.4 Å². The van der Waals surface area contributed by atoms with Crippen LogP contribution in [0.1, 0.15) is 51.4 Å². The number of rotatable bonds is 5. The van der Waals surface area contributed by atoms with Crippen LogP contribution >= 0.6 is 0 Å². The van der Waals surface area contributed by atoms with Gasteiger partial charge in [0, 0.05) is 12.6 Å². The summed E-state index contributed by atoms with van der Waals surface area (Å²) in [6.07, 6.45) is 10.8. The van der Waals surface area contributed by atoms with E-state index in [2.05, 4.69) is 15.7 Å². The first-order chi connectivity index (χ1) is 7.88. The highest BCUT2D eigenvalue weighted by Gasteiger charge is 2.21. The van der Waals surface area contributed by atoms with E-state index in [1.54, 1.807) is 0 Å². The molecular weight excluding hydrogens is 200 g/mol. The number of nitrogens with one attached hydrogen (secondary N) is 2. The quantitative estimate of drug-likeness (QED) is 0.218. The fraction of sp³-hybridized carbons (Fsp3) is 0.917. The Labute approximate surface area is 98.0 Å². The lowest BCUT2D eigenvalue weighted by atomic mass is 10.0. The van der Waals surface area contributed by atoms with Crippen LogP contribution in [0.5, 0.6) is 0 Å². The molecule has 4 heteroatoms. The third-order valence-electron chi connectivity index (χ3n) is 3.57. The van der Waals surface area contributed by atoms with Crippen molar-refractivity contribution in [3.63, 3.8) is 0 Å². The molecule has 0 aliphatic heterocycles. The summed E-state index contributed by atoms with van der Waals surface area (Å²) in [5.74, 6) is 7.16. The van der Waals surface area contributed by atoms with Gasteiger partial charge in [0.15, 0.2) is 0 Å². The normalized spacial score (nSPS) is 22.4. The minimum atomic E-state index is 0.615. The summed E-state index contributed by atoms with van der Waals surface area (Å²) in [6, 6.07) is 0.615. The van der Waals surface area contributed by atoms with Crippen LogP contribution < -0.4 is 16.6 Å². The van der Waals surface area contributed by atoms with Crippen LogP contribution in [0.3, 0.4) is 0 Å². The minimum absolute atomic E-state index is 0.615. The van der Waals surface area contributed by atoms with Crippen molar-refractivity contribution < 1.29 is 0 Å². The number of hydrazine groups is 1. The molecule has 2 fully saturated rings. The van der Waals surface area contributed by atoms with Gasteiger partial charge in [-0.15, -0.1) is 0 Å². The van der Waals surface area contributed by atoms with Crippen molar-refractivity contribution in [1.82, 2.24) is 10.7 Å². The maximum Gasteiger partial charge on any atom is 0.205 e. The first-order valence-corrected chi connectivity index (χ1v) is 6.66. The van der Waals surface area contributed by atoms with Gasteiger partial charge in [-0.05, 0) is 31.6 Å². The fourth-order valence-electron chi connectivity index (χ4n) is 2.42. The smallest absolute Gasteiger partial charge is 0.205 e. The molecule has 0 bridgehead atoms. The molecule has 16 heavy (non-hydrogen) atoms. The lowest BCUT2D eigenvalue weighted by Gasteiger charge is -2.09. The highest BCUT2D eigenvalue weighted by molar-refractivity contribution is 5.79. The number of nitrogens with two attached hydrogens (primary N) is 1. The molecule has 0 amide bonds. The third-order valence-corrected chi connectivity index (χ3v) is 3.57. The van der Waals surface area contributed by atoms with E-state index in [-0.39, 0.29) is 0 Å². The van der Waals surface area contributed by atoms with E-state index in [0.29, 0.717) is 6.04 Å². The van der Waals surface area contributed by atoms with E-state index >= 15 is 0 Å². The number of guanidine groups is 1. The zero-order valence-electron chi connectivity index (χ0n) is 10.0. The molecule has 2 aliphatic rings. The average molecular weight is 224 g/mol. The Kier molecular flexibility index (Phi) is 4.45. The molecule has 0 heterocycles. The van der Waals surface area contributed by atoms with E-state index in [1.165, 1.54) is 51.4 Å². The number of aliphatic imine (C=N–C) groups is 1. The first kappa shape index (κ1) is 11.7. The second kappa shape index (κ2) is 6.09. The summed E-state index contributed by atoms with van der Waals surface area (Å²) in [6.45, 7) is 0.899. The molecule has 2 rings (SSSR count). The third kappa shape index (κ3) is 4.00. The predicted molar refractivity (Wildman–Crippen MR) is 67.0 cm³/mol. The predicted octanol–water partition coefficient (Wildman–Crippen LogP) is 1.53. The lowest BCUT2D eigenvalue weighted by molar-refractivity contribution is 0.487. The molecule has 2 saturated carbocycles. The van der Waals surface area contributed by atoms with Gasteiger partial charge >= 0.3 is 0 Å². The zero-order chi connectivity index (χ0) is 11.2. The number of hydrogen-bond donors (Lipinski definition) is 3. The van der Waals surface area contributed by atoms with E-state index in [4.69, 9.17) is 5.84 Å². The molecule has 0 aromatic carbocycles. The fourth-order valence-corrected chi connectivity index (χ4v) is 2.42. The Morgan fingerprint density at radius 1 is 1.19 bits per heavy atom. The van der Waals surface area contributed by atoms with Crippen molar-refractivity contribution in [3.8, 4) is 0 Å². The van der Waals surface area contributed by atoms with Crippen LogP contribution in [0, 0.1) is 5.92 Å². The first-order valence-electron chi connectivity index (χ1n) is 6.66. The zero-order valence-corrected chi connectivity index (χ0v) is 10.0. The molecule has 0 spiro atoms. The molecule has 0 radical (unpaired) electrons. The molecular formula is C12H24N4. The molecule has 92 valence electrons. The average Bonchev–Trinajstić information content (AvgIpc) is 2.96. The summed E-state index contributed by atoms with van der Waals surface area (Å²) < 4.78 is 0. The molecule has 0 atom stereocenters. The van der Waals surface area contributed by atoms with Gasteiger partial charge in [0.2, 0.25) is 5.96 Å². The van der Waals surface area contributed by atoms with Crippen molar-refractivity contribution in [1.29, 1.82) is 0 Å². The van der Waals surface area contributed by atoms with Gasteiger partial charge in [-0.3, -0.25) is 10.4 Å². The Morgan fingerprint density at radius 3 is 2.56 bits per heavy atom. The second-order valence-electron chi connectivity index (χ2n) is 5.09. The van der Waals surface area contributed by atoms with Crippen LogP contribution in [-0.4, -0.2) is 18.5 Å². The molecule has 0 saturated heterocycles. The van der Waals surface area contributed by atoms with Crippen LogP contribution in [0.2, 0.25) is 0 Å². The number of nitrogens with zero attached hydrogens (tertiary/aromatic N) is 1. The molecule has 4 nitrogen and oxygen atoms in total. The van der Waals surface area contributed by atoms with Crippen molar-refractivity contribution in [3.05, 3.63) is 0 Å². The monoisotopic (exact) mass is 224 g/mol. The van der Waals surface area contributed by atoms with Crippen molar-refractivity contribution in [2.24, 2.45) is 16.8 Å². The standard InChI is InChI=1S/C12H24N4/c13-16-12(15-11-7-8-11)14-9-3-6-10-4-1-2-5-10/h10-11H,1-9,13H2,(H2,14,15,16). The Morgan fingerprint density at radius 2 is 1.94 bits per heavy atom. The topological polar surface area (TPSA) is 62.4 Å². The maximum absolute atomic E-state index is 5.41. The largest absolute Gasteiger partial charge is 0.353 e. The highest BCUT2D eigenvalue weighted by atomic mass is 15.3. The Balaban J connectivity index is 1.58. The van der Waals surface area contributed by atoms with Gasteiger partial charge in [-0.2, -0.15) is 0 Å². The van der Waals surface area contributed by atoms with Crippen LogP contribution in [0.25, 0.3) is 0 Å². The van der Waals surface area contributed by atoms with Crippen molar-refractivity contribution in [2.75, 3.05) is 6.54 Å². The SMILES string of the molecule is NNC(=NCCCC1CCCC1)NC1CC1. The Bertz CT molecular complexity index is 229. The molecule has 2 aliphatic carbocycles. The molecule has 0 unspecified atom stereocenters. The number of hydrogen-bond acceptors (Lipinski definition) is 2. The lowest BCUT2D eigenvalue weighted by Crippen LogP contribution is -2.42. The molecule has 0 aromatic rings. The van der Waals surface area contributed by atoms with E-state index in [1.807, 2.05) is 0 Å². The van der Waals surface area contributed by atoms with E-state index in [9.17, 15) is 0 Å². The van der Waals surface area contributed by atoms with Crippen LogP contribution in [0.4, 0.5) is 0 Å². The van der Waals surface area contributed by atoms with Crippen LogP contribution in [0.15, 0.2) is 4.99 Å².